The molecule has 0 saturated heterocycles. The van der Waals surface area contributed by atoms with Crippen LogP contribution in [-0.4, -0.2) is 17.5 Å². The zero-order chi connectivity index (χ0) is 14.4. The summed E-state index contributed by atoms with van der Waals surface area (Å²) in [6.45, 7) is 4.51. The highest BCUT2D eigenvalue weighted by Crippen LogP contribution is 2.58. The molecule has 1 N–H and O–H groups in total. The van der Waals surface area contributed by atoms with Gasteiger partial charge in [-0.15, -0.1) is 0 Å². The van der Waals surface area contributed by atoms with Gasteiger partial charge >= 0.3 is 0 Å². The molecule has 3 heteroatoms. The maximum absolute atomic E-state index is 11.6. The summed E-state index contributed by atoms with van der Waals surface area (Å²) < 4.78 is 5.72. The summed E-state index contributed by atoms with van der Waals surface area (Å²) >= 11 is 0. The molecule has 1 aromatic rings. The Labute approximate surface area is 120 Å². The second-order valence-corrected chi connectivity index (χ2v) is 6.28. The van der Waals surface area contributed by atoms with Crippen LogP contribution in [0.2, 0.25) is 0 Å². The predicted molar refractivity (Wildman–Crippen MR) is 76.8 cm³/mol. The largest absolute Gasteiger partial charge is 0.494 e. The Bertz CT molecular complexity index is 535. The van der Waals surface area contributed by atoms with Crippen LogP contribution in [0.15, 0.2) is 18.2 Å². The van der Waals surface area contributed by atoms with Crippen molar-refractivity contribution in [2.45, 2.75) is 51.6 Å². The zero-order valence-electron chi connectivity index (χ0n) is 12.2. The Morgan fingerprint density at radius 2 is 2.00 bits per heavy atom. The molecule has 1 fully saturated rings. The van der Waals surface area contributed by atoms with Crippen molar-refractivity contribution in [2.75, 3.05) is 6.61 Å². The fraction of sp³-hybridized carbons (Fsp3) is 0.588. The van der Waals surface area contributed by atoms with E-state index >= 15 is 0 Å². The SMILES string of the molecule is CCOc1cccc2c1CC1(CCC(=O)CC1)C2(C)O. The van der Waals surface area contributed by atoms with Crippen molar-refractivity contribution < 1.29 is 14.6 Å². The summed E-state index contributed by atoms with van der Waals surface area (Å²) in [4.78, 5) is 11.6. The van der Waals surface area contributed by atoms with Crippen LogP contribution in [0.3, 0.4) is 0 Å². The van der Waals surface area contributed by atoms with Crippen LogP contribution >= 0.6 is 0 Å². The quantitative estimate of drug-likeness (QED) is 0.902. The van der Waals surface area contributed by atoms with Crippen LogP contribution in [0.1, 0.15) is 50.7 Å². The first kappa shape index (κ1) is 13.6. The summed E-state index contributed by atoms with van der Waals surface area (Å²) in [6.07, 6.45) is 3.55. The minimum absolute atomic E-state index is 0.198. The summed E-state index contributed by atoms with van der Waals surface area (Å²) in [5, 5.41) is 11.1. The van der Waals surface area contributed by atoms with Crippen molar-refractivity contribution in [2.24, 2.45) is 5.41 Å². The second kappa shape index (κ2) is 4.59. The number of Topliss-reactive ketones (excluding diaryl/α,β-unsaturated/α-hetero) is 1. The van der Waals surface area contributed by atoms with E-state index in [1.165, 1.54) is 0 Å². The van der Waals surface area contributed by atoms with Crippen molar-refractivity contribution in [1.82, 2.24) is 0 Å². The monoisotopic (exact) mass is 274 g/mol. The number of hydrogen-bond acceptors (Lipinski definition) is 3. The molecule has 0 radical (unpaired) electrons. The van der Waals surface area contributed by atoms with Gasteiger partial charge in [0.05, 0.1) is 12.2 Å². The molecule has 0 aromatic heterocycles. The molecular weight excluding hydrogens is 252 g/mol. The van der Waals surface area contributed by atoms with Crippen LogP contribution in [0.5, 0.6) is 5.75 Å². The number of fused-ring (bicyclic) bond motifs is 1. The molecule has 1 atom stereocenters. The van der Waals surface area contributed by atoms with Crippen molar-refractivity contribution in [3.05, 3.63) is 29.3 Å². The molecule has 0 amide bonds. The Morgan fingerprint density at radius 1 is 1.30 bits per heavy atom. The highest BCUT2D eigenvalue weighted by molar-refractivity contribution is 5.79. The molecule has 1 unspecified atom stereocenters. The van der Waals surface area contributed by atoms with Gasteiger partial charge in [-0.05, 0) is 44.7 Å². The summed E-state index contributed by atoms with van der Waals surface area (Å²) in [6, 6.07) is 5.93. The van der Waals surface area contributed by atoms with E-state index in [0.717, 1.165) is 36.1 Å². The molecule has 0 heterocycles. The maximum Gasteiger partial charge on any atom is 0.132 e. The molecule has 20 heavy (non-hydrogen) atoms. The van der Waals surface area contributed by atoms with Gasteiger partial charge in [0.2, 0.25) is 0 Å². The standard InChI is InChI=1S/C17H22O3/c1-3-20-15-6-4-5-14-13(15)11-17(16(14,2)19)9-7-12(18)8-10-17/h4-6,19H,3,7-11H2,1-2H3. The fourth-order valence-corrected chi connectivity index (χ4v) is 3.96. The number of benzene rings is 1. The van der Waals surface area contributed by atoms with Crippen molar-refractivity contribution in [1.29, 1.82) is 0 Å². The lowest BCUT2D eigenvalue weighted by Crippen LogP contribution is -2.43. The van der Waals surface area contributed by atoms with Gasteiger partial charge in [-0.1, -0.05) is 12.1 Å². The van der Waals surface area contributed by atoms with Gasteiger partial charge in [-0.2, -0.15) is 0 Å². The summed E-state index contributed by atoms with van der Waals surface area (Å²) in [5.74, 6) is 1.21. The molecule has 0 aliphatic heterocycles. The molecule has 2 aliphatic rings. The van der Waals surface area contributed by atoms with E-state index in [9.17, 15) is 9.90 Å². The Kier molecular flexibility index (Phi) is 3.13. The lowest BCUT2D eigenvalue weighted by molar-refractivity contribution is -0.130. The van der Waals surface area contributed by atoms with E-state index in [4.69, 9.17) is 4.74 Å². The third-order valence-electron chi connectivity index (χ3n) is 5.27. The number of ketones is 1. The third kappa shape index (κ3) is 1.80. The lowest BCUT2D eigenvalue weighted by atomic mass is 9.64. The molecule has 3 rings (SSSR count). The number of carbonyl (C=O) groups excluding carboxylic acids is 1. The minimum Gasteiger partial charge on any atom is -0.494 e. The van der Waals surface area contributed by atoms with Gasteiger partial charge in [-0.25, -0.2) is 0 Å². The van der Waals surface area contributed by atoms with E-state index < -0.39 is 5.60 Å². The van der Waals surface area contributed by atoms with Crippen molar-refractivity contribution in [3.8, 4) is 5.75 Å². The number of rotatable bonds is 2. The summed E-state index contributed by atoms with van der Waals surface area (Å²) in [7, 11) is 0. The molecule has 1 saturated carbocycles. The van der Waals surface area contributed by atoms with Gasteiger partial charge in [0, 0.05) is 23.8 Å². The molecular formula is C17H22O3. The van der Waals surface area contributed by atoms with E-state index in [2.05, 4.69) is 0 Å². The summed E-state index contributed by atoms with van der Waals surface area (Å²) in [5.41, 5.74) is 1.05. The highest BCUT2D eigenvalue weighted by Gasteiger charge is 2.55. The topological polar surface area (TPSA) is 46.5 Å². The zero-order valence-corrected chi connectivity index (χ0v) is 12.2. The van der Waals surface area contributed by atoms with Crippen LogP contribution in [-0.2, 0) is 16.8 Å². The lowest BCUT2D eigenvalue weighted by Gasteiger charge is -2.43. The molecule has 1 aromatic carbocycles. The number of aliphatic hydroxyl groups is 1. The Morgan fingerprint density at radius 3 is 2.65 bits per heavy atom. The normalized spacial score (nSPS) is 27.6. The Balaban J connectivity index is 2.03. The van der Waals surface area contributed by atoms with E-state index in [0.29, 0.717) is 25.2 Å². The van der Waals surface area contributed by atoms with Gasteiger partial charge in [0.15, 0.2) is 0 Å². The molecule has 3 nitrogen and oxygen atoms in total. The van der Waals surface area contributed by atoms with Crippen LogP contribution in [0.25, 0.3) is 0 Å². The Hall–Kier alpha value is -1.35. The minimum atomic E-state index is -0.865. The fourth-order valence-electron chi connectivity index (χ4n) is 3.96. The van der Waals surface area contributed by atoms with Gasteiger partial charge in [0.1, 0.15) is 11.5 Å². The van der Waals surface area contributed by atoms with Crippen LogP contribution in [0.4, 0.5) is 0 Å². The first-order valence-corrected chi connectivity index (χ1v) is 7.49. The van der Waals surface area contributed by atoms with Crippen LogP contribution in [0, 0.1) is 5.41 Å². The van der Waals surface area contributed by atoms with Gasteiger partial charge in [-0.3, -0.25) is 4.79 Å². The average Bonchev–Trinajstić information content (AvgIpc) is 2.64. The average molecular weight is 274 g/mol. The first-order chi connectivity index (χ1) is 9.50. The molecule has 0 bridgehead atoms. The van der Waals surface area contributed by atoms with Gasteiger partial charge in [0.25, 0.3) is 0 Å². The molecule has 1 spiro atoms. The second-order valence-electron chi connectivity index (χ2n) is 6.28. The van der Waals surface area contributed by atoms with Crippen LogP contribution < -0.4 is 4.74 Å². The van der Waals surface area contributed by atoms with Gasteiger partial charge < -0.3 is 9.84 Å². The third-order valence-corrected chi connectivity index (χ3v) is 5.27. The first-order valence-electron chi connectivity index (χ1n) is 7.49. The molecule has 108 valence electrons. The van der Waals surface area contributed by atoms with E-state index in [1.54, 1.807) is 0 Å². The van der Waals surface area contributed by atoms with E-state index in [1.807, 2.05) is 32.0 Å². The maximum atomic E-state index is 11.6. The highest BCUT2D eigenvalue weighted by atomic mass is 16.5. The molecule has 2 aliphatic carbocycles. The van der Waals surface area contributed by atoms with E-state index in [-0.39, 0.29) is 5.41 Å². The predicted octanol–water partition coefficient (Wildman–Crippen LogP) is 2.98. The number of carbonyl (C=O) groups is 1. The number of ether oxygens (including phenoxy) is 1. The number of hydrogen-bond donors (Lipinski definition) is 1. The van der Waals surface area contributed by atoms with Crippen molar-refractivity contribution in [3.63, 3.8) is 0 Å². The van der Waals surface area contributed by atoms with Crippen molar-refractivity contribution >= 4 is 5.78 Å². The smallest absolute Gasteiger partial charge is 0.132 e.